The predicted molar refractivity (Wildman–Crippen MR) is 102 cm³/mol. The lowest BCUT2D eigenvalue weighted by Gasteiger charge is -2.28. The minimum absolute atomic E-state index is 0. The maximum Gasteiger partial charge on any atom is 0.243 e. The second-order valence-corrected chi connectivity index (χ2v) is 7.51. The number of hydrogen-bond acceptors (Lipinski definition) is 4. The number of nitrogens with one attached hydrogen (secondary N) is 1. The molecule has 1 saturated heterocycles. The predicted octanol–water partition coefficient (Wildman–Crippen LogP) is 2.84. The fourth-order valence-corrected chi connectivity index (χ4v) is 4.71. The van der Waals surface area contributed by atoms with Crippen LogP contribution in [0.2, 0.25) is 0 Å². The van der Waals surface area contributed by atoms with E-state index >= 15 is 0 Å². The van der Waals surface area contributed by atoms with Gasteiger partial charge in [-0.15, -0.1) is 24.8 Å². The zero-order valence-corrected chi connectivity index (χ0v) is 16.0. The Morgan fingerprint density at radius 1 is 1.25 bits per heavy atom. The van der Waals surface area contributed by atoms with Gasteiger partial charge < -0.3 is 5.32 Å². The van der Waals surface area contributed by atoms with Crippen LogP contribution in [0, 0.1) is 0 Å². The first-order valence-electron chi connectivity index (χ1n) is 7.69. The lowest BCUT2D eigenvalue weighted by molar-refractivity contribution is 0.327. The van der Waals surface area contributed by atoms with Crippen LogP contribution in [0.3, 0.4) is 0 Å². The van der Waals surface area contributed by atoms with E-state index in [-0.39, 0.29) is 30.9 Å². The van der Waals surface area contributed by atoms with E-state index in [1.54, 1.807) is 28.8 Å². The van der Waals surface area contributed by atoms with E-state index < -0.39 is 10.0 Å². The zero-order valence-electron chi connectivity index (χ0n) is 13.5. The third-order valence-electron chi connectivity index (χ3n) is 4.21. The topological polar surface area (TPSA) is 62.3 Å². The number of benzene rings is 1. The summed E-state index contributed by atoms with van der Waals surface area (Å²) in [5.74, 6) is 0. The Hall–Kier alpha value is -0.920. The van der Waals surface area contributed by atoms with Crippen molar-refractivity contribution in [2.45, 2.75) is 30.7 Å². The van der Waals surface area contributed by atoms with E-state index in [0.717, 1.165) is 30.2 Å². The van der Waals surface area contributed by atoms with Crippen molar-refractivity contribution < 1.29 is 8.42 Å². The molecule has 1 aliphatic rings. The molecule has 1 aromatic heterocycles. The summed E-state index contributed by atoms with van der Waals surface area (Å²) in [4.78, 5) is 4.43. The largest absolute Gasteiger partial charge is 0.315 e. The van der Waals surface area contributed by atoms with E-state index in [9.17, 15) is 8.42 Å². The molecule has 1 atom stereocenters. The number of fused-ring (bicyclic) bond motifs is 1. The molecule has 2 heterocycles. The normalized spacial score (nSPS) is 19.1. The number of pyridine rings is 1. The first-order valence-corrected chi connectivity index (χ1v) is 9.13. The van der Waals surface area contributed by atoms with Gasteiger partial charge in [0.05, 0.1) is 4.90 Å². The van der Waals surface area contributed by atoms with E-state index in [2.05, 4.69) is 10.3 Å². The minimum Gasteiger partial charge on any atom is -0.315 e. The molecule has 1 fully saturated rings. The average Bonchev–Trinajstić information content (AvgIpc) is 2.80. The maximum absolute atomic E-state index is 13.0. The van der Waals surface area contributed by atoms with Crippen molar-refractivity contribution in [1.29, 1.82) is 0 Å². The van der Waals surface area contributed by atoms with Gasteiger partial charge in [0.2, 0.25) is 10.0 Å². The fourth-order valence-electron chi connectivity index (χ4n) is 2.93. The molecule has 0 aliphatic carbocycles. The Balaban J connectivity index is 0.00000144. The molecule has 1 unspecified atom stereocenters. The van der Waals surface area contributed by atoms with Crippen molar-refractivity contribution in [3.05, 3.63) is 36.7 Å². The molecule has 0 bridgehead atoms. The van der Waals surface area contributed by atoms with Gasteiger partial charge in [0.1, 0.15) is 0 Å². The Morgan fingerprint density at radius 2 is 2.04 bits per heavy atom. The molecular formula is C16H23Cl2N3O2S. The number of hydrogen-bond donors (Lipinski definition) is 1. The molecule has 3 rings (SSSR count). The highest BCUT2D eigenvalue weighted by atomic mass is 35.5. The second-order valence-electron chi connectivity index (χ2n) is 5.62. The van der Waals surface area contributed by atoms with Crippen molar-refractivity contribution >= 4 is 45.6 Å². The van der Waals surface area contributed by atoms with Gasteiger partial charge in [0, 0.05) is 36.9 Å². The van der Waals surface area contributed by atoms with Crippen LogP contribution in [0.15, 0.2) is 41.6 Å². The Bertz CT molecular complexity index is 771. The van der Waals surface area contributed by atoms with Crippen molar-refractivity contribution in [1.82, 2.24) is 14.6 Å². The van der Waals surface area contributed by atoms with Crippen molar-refractivity contribution in [3.63, 3.8) is 0 Å². The molecule has 0 saturated carbocycles. The van der Waals surface area contributed by atoms with E-state index in [4.69, 9.17) is 0 Å². The minimum atomic E-state index is -3.47. The summed E-state index contributed by atoms with van der Waals surface area (Å²) >= 11 is 0. The van der Waals surface area contributed by atoms with Crippen LogP contribution in [0.4, 0.5) is 0 Å². The summed E-state index contributed by atoms with van der Waals surface area (Å²) in [5, 5.41) is 5.17. The number of nitrogens with zero attached hydrogens (tertiary/aromatic N) is 2. The number of rotatable bonds is 3. The van der Waals surface area contributed by atoms with E-state index in [0.29, 0.717) is 18.0 Å². The summed E-state index contributed by atoms with van der Waals surface area (Å²) in [6.07, 6.45) is 5.08. The Kier molecular flexibility index (Phi) is 7.89. The number of sulfonamides is 1. The molecule has 8 heteroatoms. The Morgan fingerprint density at radius 3 is 2.79 bits per heavy atom. The molecule has 0 amide bonds. The van der Waals surface area contributed by atoms with Gasteiger partial charge in [-0.25, -0.2) is 8.42 Å². The first-order chi connectivity index (χ1) is 10.6. The molecule has 5 nitrogen and oxygen atoms in total. The Labute approximate surface area is 155 Å². The molecule has 2 aromatic rings. The van der Waals surface area contributed by atoms with Crippen LogP contribution < -0.4 is 5.32 Å². The molecule has 1 aliphatic heterocycles. The van der Waals surface area contributed by atoms with Gasteiger partial charge in [-0.1, -0.05) is 13.0 Å². The van der Waals surface area contributed by atoms with Crippen molar-refractivity contribution in [2.75, 3.05) is 19.6 Å². The number of halogens is 2. The lowest BCUT2D eigenvalue weighted by Crippen LogP contribution is -2.43. The van der Waals surface area contributed by atoms with Crippen LogP contribution >= 0.6 is 24.8 Å². The van der Waals surface area contributed by atoms with Gasteiger partial charge in [-0.05, 0) is 43.0 Å². The highest BCUT2D eigenvalue weighted by Gasteiger charge is 2.31. The average molecular weight is 392 g/mol. The molecule has 1 N–H and O–H groups in total. The molecule has 134 valence electrons. The third kappa shape index (κ3) is 4.18. The molecule has 0 radical (unpaired) electrons. The summed E-state index contributed by atoms with van der Waals surface area (Å²) in [7, 11) is -3.47. The van der Waals surface area contributed by atoms with Gasteiger partial charge in [-0.3, -0.25) is 4.98 Å². The number of aromatic nitrogens is 1. The van der Waals surface area contributed by atoms with E-state index in [1.807, 2.05) is 19.1 Å². The SMILES string of the molecule is CCC1CNCCCN1S(=O)(=O)c1ccc2cnccc2c1.Cl.Cl. The van der Waals surface area contributed by atoms with Gasteiger partial charge in [0.15, 0.2) is 0 Å². The maximum atomic E-state index is 13.0. The van der Waals surface area contributed by atoms with Gasteiger partial charge in [0.25, 0.3) is 0 Å². The van der Waals surface area contributed by atoms with Crippen LogP contribution in [0.5, 0.6) is 0 Å². The summed E-state index contributed by atoms with van der Waals surface area (Å²) < 4.78 is 27.7. The lowest BCUT2D eigenvalue weighted by atomic mass is 10.2. The first kappa shape index (κ1) is 21.1. The highest BCUT2D eigenvalue weighted by molar-refractivity contribution is 7.89. The zero-order chi connectivity index (χ0) is 15.6. The summed E-state index contributed by atoms with van der Waals surface area (Å²) in [6, 6.07) is 7.12. The standard InChI is InChI=1S/C16H21N3O2S.2ClH/c1-2-15-12-17-7-3-9-19(15)22(20,21)16-5-4-14-11-18-8-6-13(14)10-16;;/h4-6,8,10-11,15,17H,2-3,7,9,12H2,1H3;2*1H. The highest BCUT2D eigenvalue weighted by Crippen LogP contribution is 2.24. The quantitative estimate of drug-likeness (QED) is 0.873. The van der Waals surface area contributed by atoms with Gasteiger partial charge >= 0.3 is 0 Å². The van der Waals surface area contributed by atoms with E-state index in [1.165, 1.54) is 0 Å². The molecule has 1 aromatic carbocycles. The molecule has 0 spiro atoms. The monoisotopic (exact) mass is 391 g/mol. The van der Waals surface area contributed by atoms with Crippen LogP contribution in [0.25, 0.3) is 10.8 Å². The van der Waals surface area contributed by atoms with Crippen molar-refractivity contribution in [3.8, 4) is 0 Å². The van der Waals surface area contributed by atoms with Crippen molar-refractivity contribution in [2.24, 2.45) is 0 Å². The summed E-state index contributed by atoms with van der Waals surface area (Å²) in [5.41, 5.74) is 0. The molecule has 24 heavy (non-hydrogen) atoms. The third-order valence-corrected chi connectivity index (χ3v) is 6.16. The van der Waals surface area contributed by atoms with Gasteiger partial charge in [-0.2, -0.15) is 4.31 Å². The van der Waals surface area contributed by atoms with Crippen LogP contribution in [0.1, 0.15) is 19.8 Å². The smallest absolute Gasteiger partial charge is 0.243 e. The second kappa shape index (κ2) is 8.97. The summed E-state index contributed by atoms with van der Waals surface area (Å²) in [6.45, 7) is 4.19. The fraction of sp³-hybridized carbons (Fsp3) is 0.438. The van der Waals surface area contributed by atoms with Crippen LogP contribution in [-0.2, 0) is 10.0 Å². The van der Waals surface area contributed by atoms with Crippen LogP contribution in [-0.4, -0.2) is 43.4 Å². The molecular weight excluding hydrogens is 369 g/mol.